The molecule has 0 saturated heterocycles. The van der Waals surface area contributed by atoms with Crippen molar-refractivity contribution >= 4 is 33.7 Å². The highest BCUT2D eigenvalue weighted by atomic mass is 79.9. The monoisotopic (exact) mass is 442 g/mol. The van der Waals surface area contributed by atoms with E-state index in [4.69, 9.17) is 15.2 Å². The quantitative estimate of drug-likeness (QED) is 0.650. The van der Waals surface area contributed by atoms with Crippen LogP contribution in [0.3, 0.4) is 0 Å². The first kappa shape index (κ1) is 21.0. The number of ether oxygens (including phenoxy) is 2. The summed E-state index contributed by atoms with van der Waals surface area (Å²) in [4.78, 5) is 37.9. The molecule has 1 aliphatic rings. The molecule has 1 aliphatic heterocycles. The maximum atomic E-state index is 12.8. The number of hydrogen-bond acceptors (Lipinski definition) is 6. The van der Waals surface area contributed by atoms with E-state index in [-0.39, 0.29) is 30.7 Å². The SMILES string of the molecule is COc1cc2c(c(O)c1Br)CN(C(CCC(=O)OC(C)(C)C)C(N)=O)C2=O. The predicted molar refractivity (Wildman–Crippen MR) is 100 cm³/mol. The number of benzene rings is 1. The number of nitrogens with two attached hydrogens (primary N) is 1. The normalized spacial score (nSPS) is 14.7. The molecule has 2 rings (SSSR count). The lowest BCUT2D eigenvalue weighted by atomic mass is 10.1. The Morgan fingerprint density at radius 3 is 2.56 bits per heavy atom. The molecule has 2 amide bonds. The summed E-state index contributed by atoms with van der Waals surface area (Å²) in [5, 5.41) is 10.3. The van der Waals surface area contributed by atoms with Gasteiger partial charge in [0.1, 0.15) is 27.6 Å². The lowest BCUT2D eigenvalue weighted by Crippen LogP contribution is -2.45. The van der Waals surface area contributed by atoms with Gasteiger partial charge < -0.3 is 25.2 Å². The highest BCUT2D eigenvalue weighted by Gasteiger charge is 2.38. The third-order valence-electron chi connectivity index (χ3n) is 4.10. The van der Waals surface area contributed by atoms with Crippen molar-refractivity contribution in [3.8, 4) is 11.5 Å². The number of halogens is 1. The Kier molecular flexibility index (Phi) is 6.04. The van der Waals surface area contributed by atoms with Crippen molar-refractivity contribution in [2.75, 3.05) is 7.11 Å². The van der Waals surface area contributed by atoms with Crippen molar-refractivity contribution in [2.24, 2.45) is 5.73 Å². The number of carbonyl (C=O) groups excluding carboxylic acids is 3. The fraction of sp³-hybridized carbons (Fsp3) is 0.500. The van der Waals surface area contributed by atoms with Gasteiger partial charge in [0.15, 0.2) is 0 Å². The van der Waals surface area contributed by atoms with Crippen LogP contribution in [-0.4, -0.2) is 46.5 Å². The summed E-state index contributed by atoms with van der Waals surface area (Å²) >= 11 is 3.22. The minimum Gasteiger partial charge on any atom is -0.506 e. The largest absolute Gasteiger partial charge is 0.506 e. The average Bonchev–Trinajstić information content (AvgIpc) is 2.86. The van der Waals surface area contributed by atoms with Crippen LogP contribution < -0.4 is 10.5 Å². The molecule has 0 radical (unpaired) electrons. The van der Waals surface area contributed by atoms with E-state index in [9.17, 15) is 19.5 Å². The summed E-state index contributed by atoms with van der Waals surface area (Å²) in [5.41, 5.74) is 5.43. The van der Waals surface area contributed by atoms with Crippen LogP contribution in [0.4, 0.5) is 0 Å². The lowest BCUT2D eigenvalue weighted by molar-refractivity contribution is -0.155. The first-order chi connectivity index (χ1) is 12.5. The number of primary amides is 1. The van der Waals surface area contributed by atoms with Crippen LogP contribution in [0.1, 0.15) is 49.5 Å². The van der Waals surface area contributed by atoms with Crippen LogP contribution in [0.25, 0.3) is 0 Å². The minimum atomic E-state index is -0.999. The van der Waals surface area contributed by atoms with E-state index in [1.165, 1.54) is 18.1 Å². The van der Waals surface area contributed by atoms with Crippen LogP contribution in [0.2, 0.25) is 0 Å². The highest BCUT2D eigenvalue weighted by molar-refractivity contribution is 9.10. The van der Waals surface area contributed by atoms with Crippen molar-refractivity contribution in [3.63, 3.8) is 0 Å². The number of carbonyl (C=O) groups is 3. The molecule has 1 aromatic rings. The number of methoxy groups -OCH3 is 1. The first-order valence-electron chi connectivity index (χ1n) is 8.36. The molecule has 0 spiro atoms. The minimum absolute atomic E-state index is 0.00448. The molecule has 0 aromatic heterocycles. The van der Waals surface area contributed by atoms with Crippen LogP contribution in [0, 0.1) is 0 Å². The average molecular weight is 443 g/mol. The van der Waals surface area contributed by atoms with Gasteiger partial charge in [-0.15, -0.1) is 0 Å². The van der Waals surface area contributed by atoms with Crippen LogP contribution >= 0.6 is 15.9 Å². The Bertz CT molecular complexity index is 787. The van der Waals surface area contributed by atoms with E-state index < -0.39 is 29.4 Å². The number of phenolic OH excluding ortho intramolecular Hbond substituents is 1. The third-order valence-corrected chi connectivity index (χ3v) is 4.86. The molecular weight excluding hydrogens is 420 g/mol. The Morgan fingerprint density at radius 1 is 1.41 bits per heavy atom. The molecule has 3 N–H and O–H groups in total. The number of amides is 2. The third kappa shape index (κ3) is 4.52. The second-order valence-corrected chi connectivity index (χ2v) is 8.04. The van der Waals surface area contributed by atoms with Crippen molar-refractivity contribution in [1.29, 1.82) is 0 Å². The van der Waals surface area contributed by atoms with E-state index in [0.717, 1.165) is 0 Å². The van der Waals surface area contributed by atoms with Gasteiger partial charge in [-0.05, 0) is 49.2 Å². The lowest BCUT2D eigenvalue weighted by Gasteiger charge is -2.25. The summed E-state index contributed by atoms with van der Waals surface area (Å²) < 4.78 is 10.7. The van der Waals surface area contributed by atoms with Crippen LogP contribution in [0.15, 0.2) is 10.5 Å². The van der Waals surface area contributed by atoms with Gasteiger partial charge in [0.2, 0.25) is 5.91 Å². The standard InChI is InChI=1S/C18H23BrN2O6/c1-18(2,3)27-13(22)6-5-11(16(20)24)21-8-10-9(17(21)25)7-12(26-4)14(19)15(10)23/h7,11,23H,5-6,8H2,1-4H3,(H2,20,24). The maximum absolute atomic E-state index is 12.8. The Hall–Kier alpha value is -2.29. The van der Waals surface area contributed by atoms with Gasteiger partial charge in [-0.3, -0.25) is 14.4 Å². The van der Waals surface area contributed by atoms with Crippen molar-refractivity contribution in [1.82, 2.24) is 4.90 Å². The fourth-order valence-corrected chi connectivity index (χ4v) is 3.42. The van der Waals surface area contributed by atoms with Crippen LogP contribution in [0.5, 0.6) is 11.5 Å². The zero-order valence-electron chi connectivity index (χ0n) is 15.7. The number of fused-ring (bicyclic) bond motifs is 1. The Morgan fingerprint density at radius 2 is 2.04 bits per heavy atom. The smallest absolute Gasteiger partial charge is 0.306 e. The number of nitrogens with zero attached hydrogens (tertiary/aromatic N) is 1. The summed E-state index contributed by atoms with van der Waals surface area (Å²) in [6.07, 6.45) is -0.0347. The predicted octanol–water partition coefficient (Wildman–Crippen LogP) is 2.09. The van der Waals surface area contributed by atoms with Gasteiger partial charge in [0.05, 0.1) is 19.2 Å². The summed E-state index contributed by atoms with van der Waals surface area (Å²) in [6, 6.07) is 0.495. The number of aromatic hydroxyl groups is 1. The maximum Gasteiger partial charge on any atom is 0.306 e. The Labute approximate surface area is 165 Å². The topological polar surface area (TPSA) is 119 Å². The van der Waals surface area contributed by atoms with Gasteiger partial charge in [-0.1, -0.05) is 0 Å². The zero-order chi connectivity index (χ0) is 20.5. The van der Waals surface area contributed by atoms with Gasteiger partial charge in [-0.2, -0.15) is 0 Å². The summed E-state index contributed by atoms with van der Waals surface area (Å²) in [7, 11) is 1.41. The molecule has 27 heavy (non-hydrogen) atoms. The molecule has 9 heteroatoms. The molecule has 1 unspecified atom stereocenters. The van der Waals surface area contributed by atoms with Crippen molar-refractivity contribution < 1.29 is 29.0 Å². The van der Waals surface area contributed by atoms with Crippen molar-refractivity contribution in [3.05, 3.63) is 21.7 Å². The fourth-order valence-electron chi connectivity index (χ4n) is 2.91. The first-order valence-corrected chi connectivity index (χ1v) is 9.16. The zero-order valence-corrected chi connectivity index (χ0v) is 17.3. The number of esters is 1. The molecule has 0 bridgehead atoms. The van der Waals surface area contributed by atoms with Gasteiger partial charge >= 0.3 is 5.97 Å². The Balaban J connectivity index is 2.22. The summed E-state index contributed by atoms with van der Waals surface area (Å²) in [6.45, 7) is 5.23. The van der Waals surface area contributed by atoms with E-state index in [2.05, 4.69) is 15.9 Å². The van der Waals surface area contributed by atoms with E-state index in [0.29, 0.717) is 15.8 Å². The second-order valence-electron chi connectivity index (χ2n) is 7.24. The van der Waals surface area contributed by atoms with Crippen molar-refractivity contribution in [2.45, 2.75) is 51.8 Å². The molecule has 148 valence electrons. The molecule has 0 fully saturated rings. The molecule has 0 aliphatic carbocycles. The molecule has 1 aromatic carbocycles. The van der Waals surface area contributed by atoms with E-state index in [1.54, 1.807) is 20.8 Å². The highest BCUT2D eigenvalue weighted by Crippen LogP contribution is 2.42. The van der Waals surface area contributed by atoms with Gasteiger partial charge in [0, 0.05) is 12.0 Å². The molecular formula is C18H23BrN2O6. The number of phenols is 1. The molecule has 0 saturated carbocycles. The van der Waals surface area contributed by atoms with Gasteiger partial charge in [-0.25, -0.2) is 0 Å². The molecule has 1 heterocycles. The van der Waals surface area contributed by atoms with E-state index >= 15 is 0 Å². The molecule has 1 atom stereocenters. The molecule has 8 nitrogen and oxygen atoms in total. The van der Waals surface area contributed by atoms with Crippen LogP contribution in [-0.2, 0) is 20.9 Å². The number of hydrogen-bond donors (Lipinski definition) is 2. The second kappa shape index (κ2) is 7.75. The van der Waals surface area contributed by atoms with E-state index in [1.807, 2.05) is 0 Å². The van der Waals surface area contributed by atoms with Gasteiger partial charge in [0.25, 0.3) is 5.91 Å². The number of rotatable bonds is 6. The summed E-state index contributed by atoms with van der Waals surface area (Å²) in [5.74, 6) is -1.50.